The first-order valence-electron chi connectivity index (χ1n) is 9.84. The summed E-state index contributed by atoms with van der Waals surface area (Å²) in [5.74, 6) is 1.52. The molecule has 3 rings (SSSR count). The molecule has 2 N–H and O–H groups in total. The topological polar surface area (TPSA) is 74.3 Å². The summed E-state index contributed by atoms with van der Waals surface area (Å²) in [5, 5.41) is 6.26. The molecular formula is C20H32Cl2N4O2. The van der Waals surface area contributed by atoms with Gasteiger partial charge >= 0.3 is 0 Å². The molecule has 0 unspecified atom stereocenters. The van der Waals surface area contributed by atoms with Crippen LogP contribution in [0.4, 0.5) is 5.82 Å². The average Bonchev–Trinajstić information content (AvgIpc) is 2.69. The lowest BCUT2D eigenvalue weighted by Crippen LogP contribution is -2.41. The third-order valence-electron chi connectivity index (χ3n) is 5.61. The predicted molar refractivity (Wildman–Crippen MR) is 116 cm³/mol. The van der Waals surface area contributed by atoms with E-state index in [1.807, 2.05) is 24.0 Å². The number of hydrogen-bond acceptors (Lipinski definition) is 4. The highest BCUT2D eigenvalue weighted by Crippen LogP contribution is 2.22. The van der Waals surface area contributed by atoms with Gasteiger partial charge in [0.15, 0.2) is 0 Å². The van der Waals surface area contributed by atoms with Crippen LogP contribution >= 0.6 is 24.8 Å². The molecule has 0 saturated carbocycles. The van der Waals surface area contributed by atoms with E-state index in [0.717, 1.165) is 37.9 Å². The molecule has 8 heteroatoms. The summed E-state index contributed by atoms with van der Waals surface area (Å²) in [6.07, 6.45) is 7.23. The zero-order valence-corrected chi connectivity index (χ0v) is 18.1. The first-order chi connectivity index (χ1) is 12.6. The fraction of sp³-hybridized carbons (Fsp3) is 0.650. The maximum absolute atomic E-state index is 12.4. The minimum atomic E-state index is -0.0356. The van der Waals surface area contributed by atoms with Crippen molar-refractivity contribution in [1.29, 1.82) is 0 Å². The van der Waals surface area contributed by atoms with Gasteiger partial charge in [0.2, 0.25) is 11.8 Å². The molecule has 1 aromatic heterocycles. The quantitative estimate of drug-likeness (QED) is 0.751. The summed E-state index contributed by atoms with van der Waals surface area (Å²) in [4.78, 5) is 31.0. The molecule has 0 radical (unpaired) electrons. The van der Waals surface area contributed by atoms with Gasteiger partial charge in [-0.3, -0.25) is 9.59 Å². The van der Waals surface area contributed by atoms with Crippen LogP contribution in [-0.2, 0) is 9.59 Å². The van der Waals surface area contributed by atoms with Crippen LogP contribution in [0.2, 0.25) is 0 Å². The van der Waals surface area contributed by atoms with Gasteiger partial charge in [-0.2, -0.15) is 0 Å². The van der Waals surface area contributed by atoms with Crippen LogP contribution in [0, 0.1) is 18.8 Å². The van der Waals surface area contributed by atoms with Crippen molar-refractivity contribution >= 4 is 42.4 Å². The lowest BCUT2D eigenvalue weighted by atomic mass is 9.92. The van der Waals surface area contributed by atoms with Gasteiger partial charge in [0.1, 0.15) is 5.82 Å². The maximum atomic E-state index is 12.4. The van der Waals surface area contributed by atoms with Crippen LogP contribution in [0.25, 0.3) is 0 Å². The number of likely N-dealkylation sites (tertiary alicyclic amines) is 1. The zero-order chi connectivity index (χ0) is 18.4. The van der Waals surface area contributed by atoms with E-state index in [2.05, 4.69) is 15.6 Å². The number of nitrogens with zero attached hydrogens (tertiary/aromatic N) is 2. The molecule has 3 heterocycles. The first-order valence-corrected chi connectivity index (χ1v) is 9.84. The molecule has 1 aromatic rings. The number of carbonyl (C=O) groups excluding carboxylic acids is 2. The average molecular weight is 431 g/mol. The lowest BCUT2D eigenvalue weighted by molar-refractivity contribution is -0.134. The number of nitrogens with one attached hydrogen (secondary N) is 2. The number of aromatic nitrogens is 1. The van der Waals surface area contributed by atoms with E-state index >= 15 is 0 Å². The Kier molecular flexibility index (Phi) is 10.8. The zero-order valence-electron chi connectivity index (χ0n) is 16.5. The number of rotatable bonds is 5. The third kappa shape index (κ3) is 7.22. The highest BCUT2D eigenvalue weighted by Gasteiger charge is 2.27. The van der Waals surface area contributed by atoms with Gasteiger partial charge in [-0.25, -0.2) is 4.98 Å². The Morgan fingerprint density at radius 1 is 1.14 bits per heavy atom. The highest BCUT2D eigenvalue weighted by atomic mass is 35.5. The molecule has 0 spiro atoms. The van der Waals surface area contributed by atoms with E-state index in [0.29, 0.717) is 31.2 Å². The van der Waals surface area contributed by atoms with E-state index in [-0.39, 0.29) is 42.5 Å². The van der Waals surface area contributed by atoms with Crippen LogP contribution in [0.3, 0.4) is 0 Å². The summed E-state index contributed by atoms with van der Waals surface area (Å²) >= 11 is 0. The number of pyridine rings is 1. The Morgan fingerprint density at radius 3 is 2.43 bits per heavy atom. The third-order valence-corrected chi connectivity index (χ3v) is 5.61. The number of halogens is 2. The SMILES string of the molecule is Cc1ccc(NC(=O)C2CCN(C(=O)CCC3CCNCC3)CC2)nc1.Cl.Cl. The molecule has 2 aliphatic heterocycles. The molecule has 2 amide bonds. The van der Waals surface area contributed by atoms with Crippen molar-refractivity contribution in [2.75, 3.05) is 31.5 Å². The number of anilines is 1. The van der Waals surface area contributed by atoms with E-state index in [1.165, 1.54) is 12.8 Å². The summed E-state index contributed by atoms with van der Waals surface area (Å²) in [6.45, 7) is 5.50. The predicted octanol–water partition coefficient (Wildman–Crippen LogP) is 3.19. The monoisotopic (exact) mass is 430 g/mol. The Balaban J connectivity index is 0.00000196. The molecule has 158 valence electrons. The van der Waals surface area contributed by atoms with Crippen molar-refractivity contribution in [2.24, 2.45) is 11.8 Å². The lowest BCUT2D eigenvalue weighted by Gasteiger charge is -2.32. The summed E-state index contributed by atoms with van der Waals surface area (Å²) in [7, 11) is 0. The number of piperidine rings is 2. The molecule has 2 aliphatic rings. The number of hydrogen-bond donors (Lipinski definition) is 2. The Bertz CT molecular complexity index is 613. The molecule has 0 atom stereocenters. The van der Waals surface area contributed by atoms with Crippen LogP contribution in [-0.4, -0.2) is 47.9 Å². The fourth-order valence-corrected chi connectivity index (χ4v) is 3.82. The minimum Gasteiger partial charge on any atom is -0.343 e. The Hall–Kier alpha value is -1.37. The number of aryl methyl sites for hydroxylation is 1. The summed E-state index contributed by atoms with van der Waals surface area (Å²) in [5.41, 5.74) is 1.07. The summed E-state index contributed by atoms with van der Waals surface area (Å²) in [6, 6.07) is 3.76. The van der Waals surface area contributed by atoms with E-state index in [4.69, 9.17) is 0 Å². The van der Waals surface area contributed by atoms with Gasteiger partial charge in [-0.05, 0) is 69.7 Å². The first kappa shape index (κ1) is 24.7. The molecule has 0 aromatic carbocycles. The second-order valence-corrected chi connectivity index (χ2v) is 7.60. The van der Waals surface area contributed by atoms with Crippen molar-refractivity contribution < 1.29 is 9.59 Å². The van der Waals surface area contributed by atoms with Gasteiger partial charge in [0.25, 0.3) is 0 Å². The van der Waals surface area contributed by atoms with Crippen LogP contribution in [0.1, 0.15) is 44.1 Å². The van der Waals surface area contributed by atoms with Gasteiger partial charge in [0.05, 0.1) is 0 Å². The molecular weight excluding hydrogens is 399 g/mol. The van der Waals surface area contributed by atoms with E-state index in [9.17, 15) is 9.59 Å². The molecule has 2 fully saturated rings. The smallest absolute Gasteiger partial charge is 0.228 e. The van der Waals surface area contributed by atoms with Crippen molar-refractivity contribution in [3.05, 3.63) is 23.9 Å². The van der Waals surface area contributed by atoms with Gasteiger partial charge < -0.3 is 15.5 Å². The minimum absolute atomic E-state index is 0. The number of amides is 2. The standard InChI is InChI=1S/C20H30N4O2.2ClH/c1-15-2-4-18(22-14-15)23-20(26)17-8-12-24(13-9-17)19(25)5-3-16-6-10-21-11-7-16;;/h2,4,14,16-17,21H,3,5-13H2,1H3,(H,22,23,26);2*1H. The molecule has 2 saturated heterocycles. The molecule has 0 bridgehead atoms. The van der Waals surface area contributed by atoms with Crippen molar-refractivity contribution in [1.82, 2.24) is 15.2 Å². The molecule has 6 nitrogen and oxygen atoms in total. The second-order valence-electron chi connectivity index (χ2n) is 7.60. The van der Waals surface area contributed by atoms with E-state index < -0.39 is 0 Å². The number of carbonyl (C=O) groups is 2. The second kappa shape index (κ2) is 12.2. The van der Waals surface area contributed by atoms with Gasteiger partial charge in [-0.15, -0.1) is 24.8 Å². The normalized spacial score (nSPS) is 18.0. The maximum Gasteiger partial charge on any atom is 0.228 e. The molecule has 28 heavy (non-hydrogen) atoms. The van der Waals surface area contributed by atoms with Crippen LogP contribution < -0.4 is 10.6 Å². The van der Waals surface area contributed by atoms with Crippen molar-refractivity contribution in [2.45, 2.75) is 45.4 Å². The van der Waals surface area contributed by atoms with Gasteiger partial charge in [-0.1, -0.05) is 6.07 Å². The summed E-state index contributed by atoms with van der Waals surface area (Å²) < 4.78 is 0. The van der Waals surface area contributed by atoms with Gasteiger partial charge in [0, 0.05) is 31.6 Å². The Labute approximate surface area is 180 Å². The van der Waals surface area contributed by atoms with Crippen LogP contribution in [0.15, 0.2) is 18.3 Å². The van der Waals surface area contributed by atoms with Crippen LogP contribution in [0.5, 0.6) is 0 Å². The van der Waals surface area contributed by atoms with E-state index in [1.54, 1.807) is 6.20 Å². The largest absolute Gasteiger partial charge is 0.343 e. The van der Waals surface area contributed by atoms with Crippen molar-refractivity contribution in [3.63, 3.8) is 0 Å². The van der Waals surface area contributed by atoms with Crippen molar-refractivity contribution in [3.8, 4) is 0 Å². The fourth-order valence-electron chi connectivity index (χ4n) is 3.82. The highest BCUT2D eigenvalue weighted by molar-refractivity contribution is 5.91. The Morgan fingerprint density at radius 2 is 1.82 bits per heavy atom. The molecule has 0 aliphatic carbocycles.